The first kappa shape index (κ1) is 35.7. The maximum Gasteiger partial charge on any atom is 0.225 e. The number of carbonyl (C=O) groups excluding carboxylic acids is 3. The molecule has 0 saturated carbocycles. The van der Waals surface area contributed by atoms with Gasteiger partial charge in [0.15, 0.2) is 0 Å². The Labute approximate surface area is 253 Å². The van der Waals surface area contributed by atoms with Gasteiger partial charge in [-0.3, -0.25) is 14.4 Å². The maximum atomic E-state index is 13.8. The highest BCUT2D eigenvalue weighted by atomic mass is 16.5. The summed E-state index contributed by atoms with van der Waals surface area (Å²) >= 11 is 0. The van der Waals surface area contributed by atoms with Crippen molar-refractivity contribution in [2.24, 2.45) is 17.8 Å². The molecule has 1 aliphatic heterocycles. The molecule has 0 aliphatic carbocycles. The predicted octanol–water partition coefficient (Wildman–Crippen LogP) is 4.19. The number of hydrogen-bond donors (Lipinski definition) is 2. The van der Waals surface area contributed by atoms with E-state index in [9.17, 15) is 19.5 Å². The summed E-state index contributed by atoms with van der Waals surface area (Å²) in [5.74, 6) is -0.424. The molecule has 2 rings (SSSR count). The number of methoxy groups -OCH3 is 2. The molecule has 1 unspecified atom stereocenters. The summed E-state index contributed by atoms with van der Waals surface area (Å²) in [5, 5.41) is 13.7. The Morgan fingerprint density at radius 2 is 1.69 bits per heavy atom. The van der Waals surface area contributed by atoms with Crippen LogP contribution in [0.4, 0.5) is 0 Å². The van der Waals surface area contributed by atoms with Crippen LogP contribution in [0.25, 0.3) is 0 Å². The standard InChI is InChI=1S/C33H55N3O6/c1-10-22(4)30(35(7)28(37)19-21(2)3)27(41-8)20-29(38)36-18-14-17-26(36)32(42-9)23(5)33(40)34-24(6)31(39)25-15-12-11-13-16-25/h11-13,15-16,21-24,26-27,30-32,39H,10,14,17-20H2,1-9H3,(H,34,40)/t22-,23?,24+,26-,27+,30-,31+,32+/m0/s1. The van der Waals surface area contributed by atoms with Crippen molar-refractivity contribution in [3.8, 4) is 0 Å². The SMILES string of the molecule is CC[C@H](C)[C@@H]([C@@H](CC(=O)N1CCC[C@H]1[C@H](OC)C(C)C(=O)N[C@H](C)[C@@H](O)c1ccccc1)OC)N(C)C(=O)CC(C)C. The molecule has 9 nitrogen and oxygen atoms in total. The molecule has 42 heavy (non-hydrogen) atoms. The molecule has 9 heteroatoms. The fourth-order valence-corrected chi connectivity index (χ4v) is 6.19. The van der Waals surface area contributed by atoms with E-state index in [1.54, 1.807) is 33.0 Å². The molecule has 1 heterocycles. The van der Waals surface area contributed by atoms with Crippen molar-refractivity contribution in [3.63, 3.8) is 0 Å². The van der Waals surface area contributed by atoms with Crippen LogP contribution in [-0.4, -0.2) is 90.8 Å². The first-order valence-corrected chi connectivity index (χ1v) is 15.5. The van der Waals surface area contributed by atoms with Gasteiger partial charge in [-0.1, -0.05) is 71.4 Å². The summed E-state index contributed by atoms with van der Waals surface area (Å²) in [6.07, 6.45) is 1.15. The van der Waals surface area contributed by atoms with Crippen molar-refractivity contribution in [2.45, 2.75) is 110 Å². The lowest BCUT2D eigenvalue weighted by Crippen LogP contribution is -2.53. The Morgan fingerprint density at radius 3 is 2.24 bits per heavy atom. The number of aliphatic hydroxyl groups is 1. The van der Waals surface area contributed by atoms with Crippen molar-refractivity contribution in [1.29, 1.82) is 0 Å². The summed E-state index contributed by atoms with van der Waals surface area (Å²) in [7, 11) is 4.99. The maximum absolute atomic E-state index is 13.8. The average molecular weight is 590 g/mol. The third-order valence-electron chi connectivity index (χ3n) is 8.87. The van der Waals surface area contributed by atoms with Crippen molar-refractivity contribution in [3.05, 3.63) is 35.9 Å². The van der Waals surface area contributed by atoms with E-state index in [-0.39, 0.29) is 48.1 Å². The minimum absolute atomic E-state index is 0.0507. The molecule has 0 aromatic heterocycles. The number of nitrogens with one attached hydrogen (secondary N) is 1. The first-order chi connectivity index (χ1) is 19.9. The van der Waals surface area contributed by atoms with E-state index in [0.717, 1.165) is 24.8 Å². The molecule has 8 atom stereocenters. The van der Waals surface area contributed by atoms with Crippen LogP contribution >= 0.6 is 0 Å². The zero-order chi connectivity index (χ0) is 31.6. The lowest BCUT2D eigenvalue weighted by Gasteiger charge is -2.39. The van der Waals surface area contributed by atoms with Gasteiger partial charge < -0.3 is 29.7 Å². The summed E-state index contributed by atoms with van der Waals surface area (Å²) in [6.45, 7) is 12.4. The fourth-order valence-electron chi connectivity index (χ4n) is 6.19. The van der Waals surface area contributed by atoms with Gasteiger partial charge in [-0.2, -0.15) is 0 Å². The highest BCUT2D eigenvalue weighted by Crippen LogP contribution is 2.30. The summed E-state index contributed by atoms with van der Waals surface area (Å²) < 4.78 is 11.8. The monoisotopic (exact) mass is 589 g/mol. The zero-order valence-electron chi connectivity index (χ0n) is 27.2. The van der Waals surface area contributed by atoms with E-state index in [1.807, 2.05) is 56.1 Å². The lowest BCUT2D eigenvalue weighted by molar-refractivity contribution is -0.146. The molecular formula is C33H55N3O6. The Kier molecular flexibility index (Phi) is 14.4. The number of likely N-dealkylation sites (N-methyl/N-ethyl adjacent to an activating group) is 1. The second-order valence-electron chi connectivity index (χ2n) is 12.4. The minimum Gasteiger partial charge on any atom is -0.386 e. The van der Waals surface area contributed by atoms with Crippen LogP contribution in [0, 0.1) is 17.8 Å². The second kappa shape index (κ2) is 17.0. The number of carbonyl (C=O) groups is 3. The number of benzene rings is 1. The molecule has 0 bridgehead atoms. The van der Waals surface area contributed by atoms with Crippen LogP contribution in [0.3, 0.4) is 0 Å². The van der Waals surface area contributed by atoms with Crippen LogP contribution in [0.5, 0.6) is 0 Å². The molecule has 2 N–H and O–H groups in total. The van der Waals surface area contributed by atoms with E-state index in [1.165, 1.54) is 0 Å². The van der Waals surface area contributed by atoms with Gasteiger partial charge in [-0.25, -0.2) is 0 Å². The number of likely N-dealkylation sites (tertiary alicyclic amines) is 1. The Hall–Kier alpha value is -2.49. The second-order valence-corrected chi connectivity index (χ2v) is 12.4. The quantitative estimate of drug-likeness (QED) is 0.299. The molecule has 3 amide bonds. The number of amides is 3. The van der Waals surface area contributed by atoms with Crippen LogP contribution in [0.1, 0.15) is 85.3 Å². The fraction of sp³-hybridized carbons (Fsp3) is 0.727. The third-order valence-corrected chi connectivity index (χ3v) is 8.87. The van der Waals surface area contributed by atoms with Gasteiger partial charge in [-0.15, -0.1) is 0 Å². The highest BCUT2D eigenvalue weighted by Gasteiger charge is 2.42. The molecule has 1 fully saturated rings. The van der Waals surface area contributed by atoms with Crippen LogP contribution < -0.4 is 5.32 Å². The molecule has 1 aliphatic rings. The largest absolute Gasteiger partial charge is 0.386 e. The number of nitrogens with zero attached hydrogens (tertiary/aromatic N) is 2. The van der Waals surface area contributed by atoms with Gasteiger partial charge in [0.2, 0.25) is 17.7 Å². The van der Waals surface area contributed by atoms with Gasteiger partial charge in [0.25, 0.3) is 0 Å². The van der Waals surface area contributed by atoms with E-state index in [4.69, 9.17) is 9.47 Å². The van der Waals surface area contributed by atoms with Crippen LogP contribution in [0.2, 0.25) is 0 Å². The number of ether oxygens (including phenoxy) is 2. The zero-order valence-corrected chi connectivity index (χ0v) is 27.2. The Morgan fingerprint density at radius 1 is 1.05 bits per heavy atom. The van der Waals surface area contributed by atoms with Gasteiger partial charge >= 0.3 is 0 Å². The Balaban J connectivity index is 2.15. The number of hydrogen-bond acceptors (Lipinski definition) is 6. The molecule has 0 spiro atoms. The summed E-state index contributed by atoms with van der Waals surface area (Å²) in [6, 6.07) is 8.22. The van der Waals surface area contributed by atoms with E-state index in [0.29, 0.717) is 13.0 Å². The molecular weight excluding hydrogens is 534 g/mol. The first-order valence-electron chi connectivity index (χ1n) is 15.5. The molecule has 1 aromatic carbocycles. The number of rotatable bonds is 16. The van der Waals surface area contributed by atoms with Gasteiger partial charge in [0.1, 0.15) is 0 Å². The Bertz CT molecular complexity index is 989. The molecule has 238 valence electrons. The smallest absolute Gasteiger partial charge is 0.225 e. The van der Waals surface area contributed by atoms with E-state index in [2.05, 4.69) is 19.2 Å². The summed E-state index contributed by atoms with van der Waals surface area (Å²) in [4.78, 5) is 43.7. The van der Waals surface area contributed by atoms with Crippen molar-refractivity contribution in [2.75, 3.05) is 27.8 Å². The normalized spacial score (nSPS) is 20.4. The summed E-state index contributed by atoms with van der Waals surface area (Å²) in [5.41, 5.74) is 0.730. The van der Waals surface area contributed by atoms with Crippen molar-refractivity contribution < 1.29 is 29.0 Å². The molecule has 0 radical (unpaired) electrons. The van der Waals surface area contributed by atoms with Crippen molar-refractivity contribution in [1.82, 2.24) is 15.1 Å². The average Bonchev–Trinajstić information content (AvgIpc) is 3.46. The minimum atomic E-state index is -0.845. The topological polar surface area (TPSA) is 108 Å². The molecule has 1 aromatic rings. The third kappa shape index (κ3) is 9.25. The van der Waals surface area contributed by atoms with Crippen LogP contribution in [0.15, 0.2) is 30.3 Å². The van der Waals surface area contributed by atoms with E-state index >= 15 is 0 Å². The van der Waals surface area contributed by atoms with Gasteiger partial charge in [-0.05, 0) is 37.2 Å². The van der Waals surface area contributed by atoms with Gasteiger partial charge in [0.05, 0.1) is 48.8 Å². The van der Waals surface area contributed by atoms with Crippen molar-refractivity contribution >= 4 is 17.7 Å². The van der Waals surface area contributed by atoms with Crippen LogP contribution in [-0.2, 0) is 23.9 Å². The van der Waals surface area contributed by atoms with Gasteiger partial charge in [0, 0.05) is 34.2 Å². The highest BCUT2D eigenvalue weighted by molar-refractivity contribution is 5.81. The lowest BCUT2D eigenvalue weighted by atomic mass is 9.90. The predicted molar refractivity (Wildman–Crippen MR) is 165 cm³/mol. The van der Waals surface area contributed by atoms with E-state index < -0.39 is 30.3 Å². The molecule has 1 saturated heterocycles. The number of aliphatic hydroxyl groups excluding tert-OH is 1.